The van der Waals surface area contributed by atoms with E-state index in [2.05, 4.69) is 33.4 Å². The Hall–Kier alpha value is -0.800. The number of allylic oxidation sites excluding steroid dienone is 1. The van der Waals surface area contributed by atoms with E-state index < -0.39 is 0 Å². The Morgan fingerprint density at radius 3 is 3.00 bits per heavy atom. The van der Waals surface area contributed by atoms with Gasteiger partial charge in [-0.2, -0.15) is 0 Å². The second-order valence-corrected chi connectivity index (χ2v) is 4.99. The lowest BCUT2D eigenvalue weighted by molar-refractivity contribution is 0.464. The number of benzene rings is 1. The quantitative estimate of drug-likeness (QED) is 0.833. The minimum atomic E-state index is 0.323. The summed E-state index contributed by atoms with van der Waals surface area (Å²) in [6.07, 6.45) is 7.95. The molecule has 0 fully saturated rings. The van der Waals surface area contributed by atoms with E-state index in [-0.39, 0.29) is 0 Å². The smallest absolute Gasteiger partial charge is 0.115 e. The molecule has 0 saturated heterocycles. The first-order chi connectivity index (χ1) is 7.75. The van der Waals surface area contributed by atoms with Gasteiger partial charge in [0.15, 0.2) is 0 Å². The average Bonchev–Trinajstić information content (AvgIpc) is 2.32. The molecule has 0 radical (unpaired) electrons. The molecular formula is C13H16BrNO. The number of nitrogens with one attached hydrogen (secondary N) is 1. The van der Waals surface area contributed by atoms with Crippen LogP contribution in [0.15, 0.2) is 34.8 Å². The van der Waals surface area contributed by atoms with E-state index in [0.29, 0.717) is 11.8 Å². The van der Waals surface area contributed by atoms with Crippen LogP contribution in [0.2, 0.25) is 0 Å². The van der Waals surface area contributed by atoms with Gasteiger partial charge in [0.2, 0.25) is 0 Å². The maximum atomic E-state index is 9.41. The van der Waals surface area contributed by atoms with E-state index in [4.69, 9.17) is 0 Å². The zero-order chi connectivity index (χ0) is 11.4. The number of rotatable bonds is 3. The monoisotopic (exact) mass is 281 g/mol. The third-order valence-corrected chi connectivity index (χ3v) is 3.65. The third-order valence-electron chi connectivity index (χ3n) is 2.88. The van der Waals surface area contributed by atoms with Crippen LogP contribution in [0.1, 0.15) is 24.8 Å². The van der Waals surface area contributed by atoms with Crippen molar-refractivity contribution in [2.24, 2.45) is 0 Å². The van der Waals surface area contributed by atoms with Crippen molar-refractivity contribution >= 4 is 15.9 Å². The van der Waals surface area contributed by atoms with Gasteiger partial charge in [-0.25, -0.2) is 0 Å². The summed E-state index contributed by atoms with van der Waals surface area (Å²) in [5.74, 6) is 0.323. The molecule has 0 amide bonds. The number of phenols is 1. The summed E-state index contributed by atoms with van der Waals surface area (Å²) in [5, 5.41) is 12.9. The second-order valence-electron chi connectivity index (χ2n) is 4.14. The highest BCUT2D eigenvalue weighted by Crippen LogP contribution is 2.22. The summed E-state index contributed by atoms with van der Waals surface area (Å²) >= 11 is 3.49. The molecule has 3 heteroatoms. The van der Waals surface area contributed by atoms with Crippen molar-refractivity contribution in [3.8, 4) is 5.75 Å². The maximum absolute atomic E-state index is 9.41. The molecule has 16 heavy (non-hydrogen) atoms. The van der Waals surface area contributed by atoms with E-state index in [1.807, 2.05) is 6.07 Å². The maximum Gasteiger partial charge on any atom is 0.115 e. The van der Waals surface area contributed by atoms with Gasteiger partial charge in [0.25, 0.3) is 0 Å². The first-order valence-corrected chi connectivity index (χ1v) is 6.41. The molecule has 2 rings (SSSR count). The van der Waals surface area contributed by atoms with Gasteiger partial charge in [-0.3, -0.25) is 0 Å². The van der Waals surface area contributed by atoms with Crippen molar-refractivity contribution in [3.05, 3.63) is 40.4 Å². The van der Waals surface area contributed by atoms with Gasteiger partial charge < -0.3 is 10.4 Å². The van der Waals surface area contributed by atoms with Gasteiger partial charge in [-0.05, 0) is 43.0 Å². The van der Waals surface area contributed by atoms with Crippen molar-refractivity contribution in [1.82, 2.24) is 5.32 Å². The van der Waals surface area contributed by atoms with Crippen LogP contribution in [0.5, 0.6) is 5.75 Å². The lowest BCUT2D eigenvalue weighted by atomic mass is 10.0. The van der Waals surface area contributed by atoms with Crippen LogP contribution in [0.25, 0.3) is 0 Å². The average molecular weight is 282 g/mol. The fourth-order valence-corrected chi connectivity index (χ4v) is 2.32. The zero-order valence-corrected chi connectivity index (χ0v) is 10.7. The largest absolute Gasteiger partial charge is 0.508 e. The van der Waals surface area contributed by atoms with E-state index in [1.54, 1.807) is 12.1 Å². The summed E-state index contributed by atoms with van der Waals surface area (Å²) in [5.41, 5.74) is 1.11. The summed E-state index contributed by atoms with van der Waals surface area (Å²) < 4.78 is 1.05. The number of phenolic OH excluding ortho intramolecular Hbond substituents is 1. The van der Waals surface area contributed by atoms with E-state index >= 15 is 0 Å². The Kier molecular flexibility index (Phi) is 4.02. The molecule has 0 saturated carbocycles. The fraction of sp³-hybridized carbons (Fsp3) is 0.385. The van der Waals surface area contributed by atoms with Crippen LogP contribution in [-0.2, 0) is 6.54 Å². The lowest BCUT2D eigenvalue weighted by Crippen LogP contribution is -2.29. The summed E-state index contributed by atoms with van der Waals surface area (Å²) in [6.45, 7) is 0.799. The molecule has 0 spiro atoms. The molecule has 1 aliphatic carbocycles. The predicted molar refractivity (Wildman–Crippen MR) is 69.4 cm³/mol. The van der Waals surface area contributed by atoms with Crippen molar-refractivity contribution in [2.75, 3.05) is 0 Å². The summed E-state index contributed by atoms with van der Waals surface area (Å²) in [7, 11) is 0. The lowest BCUT2D eigenvalue weighted by Gasteiger charge is -2.19. The van der Waals surface area contributed by atoms with Gasteiger partial charge >= 0.3 is 0 Å². The highest BCUT2D eigenvalue weighted by atomic mass is 79.9. The predicted octanol–water partition coefficient (Wildman–Crippen LogP) is 3.35. The van der Waals surface area contributed by atoms with Crippen molar-refractivity contribution in [1.29, 1.82) is 0 Å². The number of aromatic hydroxyl groups is 1. The summed E-state index contributed by atoms with van der Waals surface area (Å²) in [4.78, 5) is 0. The molecule has 2 N–H and O–H groups in total. The molecule has 0 aliphatic heterocycles. The first-order valence-electron chi connectivity index (χ1n) is 5.61. The molecule has 1 aliphatic rings. The molecule has 86 valence electrons. The minimum Gasteiger partial charge on any atom is -0.508 e. The number of halogens is 1. The van der Waals surface area contributed by atoms with Crippen LogP contribution in [0.3, 0.4) is 0 Å². The van der Waals surface area contributed by atoms with Gasteiger partial charge in [0, 0.05) is 17.1 Å². The molecule has 1 aromatic carbocycles. The molecule has 0 bridgehead atoms. The Balaban J connectivity index is 1.93. The molecule has 1 unspecified atom stereocenters. The van der Waals surface area contributed by atoms with E-state index in [9.17, 15) is 5.11 Å². The molecule has 0 aromatic heterocycles. The highest BCUT2D eigenvalue weighted by Gasteiger charge is 2.09. The van der Waals surface area contributed by atoms with Gasteiger partial charge in [0.05, 0.1) is 0 Å². The minimum absolute atomic E-state index is 0.323. The normalized spacial score (nSPS) is 19.9. The Bertz CT molecular complexity index is 390. The molecule has 2 nitrogen and oxygen atoms in total. The van der Waals surface area contributed by atoms with Gasteiger partial charge in [0.1, 0.15) is 5.75 Å². The standard InChI is InChI=1S/C13H16BrNO/c14-13-7-6-12(16)8-10(13)9-15-11-4-2-1-3-5-11/h1-2,6-8,11,15-16H,3-5,9H2. The Morgan fingerprint density at radius 1 is 1.38 bits per heavy atom. The van der Waals surface area contributed by atoms with Crippen LogP contribution in [0, 0.1) is 0 Å². The van der Waals surface area contributed by atoms with Crippen molar-refractivity contribution in [2.45, 2.75) is 31.8 Å². The molecule has 1 aromatic rings. The van der Waals surface area contributed by atoms with E-state index in [1.165, 1.54) is 12.8 Å². The molecular weight excluding hydrogens is 266 g/mol. The third kappa shape index (κ3) is 3.09. The molecule has 0 heterocycles. The van der Waals surface area contributed by atoms with Crippen LogP contribution in [0.4, 0.5) is 0 Å². The summed E-state index contributed by atoms with van der Waals surface area (Å²) in [6, 6.07) is 5.94. The van der Waals surface area contributed by atoms with Gasteiger partial charge in [-0.1, -0.05) is 28.1 Å². The highest BCUT2D eigenvalue weighted by molar-refractivity contribution is 9.10. The van der Waals surface area contributed by atoms with Crippen LogP contribution < -0.4 is 5.32 Å². The Morgan fingerprint density at radius 2 is 2.25 bits per heavy atom. The molecule has 1 atom stereocenters. The van der Waals surface area contributed by atoms with Crippen LogP contribution in [-0.4, -0.2) is 11.1 Å². The number of hydrogen-bond donors (Lipinski definition) is 2. The second kappa shape index (κ2) is 5.51. The topological polar surface area (TPSA) is 32.3 Å². The van der Waals surface area contributed by atoms with Crippen LogP contribution >= 0.6 is 15.9 Å². The fourth-order valence-electron chi connectivity index (χ4n) is 1.93. The first kappa shape index (κ1) is 11.7. The van der Waals surface area contributed by atoms with Crippen molar-refractivity contribution in [3.63, 3.8) is 0 Å². The Labute approximate surface area is 105 Å². The van der Waals surface area contributed by atoms with E-state index in [0.717, 1.165) is 23.0 Å². The number of hydrogen-bond acceptors (Lipinski definition) is 2. The van der Waals surface area contributed by atoms with Crippen molar-refractivity contribution < 1.29 is 5.11 Å². The zero-order valence-electron chi connectivity index (χ0n) is 9.12. The van der Waals surface area contributed by atoms with Gasteiger partial charge in [-0.15, -0.1) is 0 Å². The SMILES string of the molecule is Oc1ccc(Br)c(CNC2CC=CCC2)c1.